The standard InChI is InChI=1S/C20H19N3O2/c24-19(25)11-10-16-6-4-15(5-7-16)8-9-17-2-1-3-18(14-17)23-20-21-12-13-22-20/h1-11,14H,12-13H2,(H,24,25)(H2,21,22,23)/b9-8+,11-10+. The van der Waals surface area contributed by atoms with Gasteiger partial charge in [0.25, 0.3) is 0 Å². The molecule has 0 fully saturated rings. The van der Waals surface area contributed by atoms with Gasteiger partial charge < -0.3 is 15.7 Å². The van der Waals surface area contributed by atoms with E-state index in [0.717, 1.165) is 47.5 Å². The van der Waals surface area contributed by atoms with Gasteiger partial charge in [-0.05, 0) is 34.9 Å². The van der Waals surface area contributed by atoms with Crippen LogP contribution in [0.3, 0.4) is 0 Å². The lowest BCUT2D eigenvalue weighted by Crippen LogP contribution is -2.26. The summed E-state index contributed by atoms with van der Waals surface area (Å²) in [5.74, 6) is -0.137. The fourth-order valence-corrected chi connectivity index (χ4v) is 2.42. The Bertz CT molecular complexity index is 836. The summed E-state index contributed by atoms with van der Waals surface area (Å²) >= 11 is 0. The third-order valence-corrected chi connectivity index (χ3v) is 3.65. The molecular weight excluding hydrogens is 314 g/mol. The molecule has 0 unspecified atom stereocenters. The highest BCUT2D eigenvalue weighted by Crippen LogP contribution is 2.15. The van der Waals surface area contributed by atoms with Crippen LogP contribution in [-0.2, 0) is 4.79 Å². The molecule has 0 bridgehead atoms. The molecule has 126 valence electrons. The van der Waals surface area contributed by atoms with Gasteiger partial charge in [-0.25, -0.2) is 4.79 Å². The predicted octanol–water partition coefficient (Wildman–Crippen LogP) is 3.33. The van der Waals surface area contributed by atoms with Gasteiger partial charge in [-0.1, -0.05) is 48.6 Å². The molecule has 1 aliphatic rings. The highest BCUT2D eigenvalue weighted by molar-refractivity contribution is 5.95. The third-order valence-electron chi connectivity index (χ3n) is 3.65. The van der Waals surface area contributed by atoms with Crippen LogP contribution in [0, 0.1) is 0 Å². The Labute approximate surface area is 146 Å². The second kappa shape index (κ2) is 7.97. The topological polar surface area (TPSA) is 73.7 Å². The highest BCUT2D eigenvalue weighted by Gasteiger charge is 2.04. The molecule has 0 radical (unpaired) electrons. The summed E-state index contributed by atoms with van der Waals surface area (Å²) in [7, 11) is 0. The van der Waals surface area contributed by atoms with Crippen molar-refractivity contribution in [2.24, 2.45) is 4.99 Å². The molecule has 0 aliphatic carbocycles. The number of carbonyl (C=O) groups is 1. The normalized spacial score (nSPS) is 13.8. The fourth-order valence-electron chi connectivity index (χ4n) is 2.42. The molecule has 5 heteroatoms. The molecule has 0 spiro atoms. The summed E-state index contributed by atoms with van der Waals surface area (Å²) in [4.78, 5) is 14.8. The second-order valence-corrected chi connectivity index (χ2v) is 5.58. The first-order valence-corrected chi connectivity index (χ1v) is 8.04. The van der Waals surface area contributed by atoms with E-state index in [1.165, 1.54) is 0 Å². The number of guanidine groups is 1. The zero-order valence-corrected chi connectivity index (χ0v) is 13.6. The van der Waals surface area contributed by atoms with Crippen LogP contribution in [0.2, 0.25) is 0 Å². The lowest BCUT2D eigenvalue weighted by Gasteiger charge is -2.07. The number of benzene rings is 2. The summed E-state index contributed by atoms with van der Waals surface area (Å²) in [6, 6.07) is 15.8. The molecule has 1 aliphatic heterocycles. The van der Waals surface area contributed by atoms with Crippen LogP contribution in [-0.4, -0.2) is 30.1 Å². The average molecular weight is 333 g/mol. The van der Waals surface area contributed by atoms with Gasteiger partial charge in [-0.15, -0.1) is 0 Å². The molecule has 5 nitrogen and oxygen atoms in total. The van der Waals surface area contributed by atoms with E-state index >= 15 is 0 Å². The maximum Gasteiger partial charge on any atom is 0.328 e. The molecule has 0 amide bonds. The summed E-state index contributed by atoms with van der Waals surface area (Å²) in [5, 5.41) is 15.1. The molecule has 2 aromatic carbocycles. The minimum Gasteiger partial charge on any atom is -0.478 e. The van der Waals surface area contributed by atoms with Gasteiger partial charge in [0.05, 0.1) is 6.54 Å². The molecule has 0 atom stereocenters. The minimum atomic E-state index is -0.948. The first kappa shape index (κ1) is 16.5. The van der Waals surface area contributed by atoms with E-state index < -0.39 is 5.97 Å². The van der Waals surface area contributed by atoms with Crippen molar-refractivity contribution in [3.63, 3.8) is 0 Å². The SMILES string of the molecule is O=C(O)/C=C/c1ccc(/C=C/c2cccc(NC3=NCCN3)c2)cc1. The highest BCUT2D eigenvalue weighted by atomic mass is 16.4. The lowest BCUT2D eigenvalue weighted by atomic mass is 10.1. The summed E-state index contributed by atoms with van der Waals surface area (Å²) < 4.78 is 0. The Morgan fingerprint density at radius 3 is 2.44 bits per heavy atom. The van der Waals surface area contributed by atoms with Crippen LogP contribution in [0.5, 0.6) is 0 Å². The first-order valence-electron chi connectivity index (χ1n) is 8.04. The van der Waals surface area contributed by atoms with E-state index in [2.05, 4.69) is 21.7 Å². The zero-order valence-electron chi connectivity index (χ0n) is 13.6. The Hall–Kier alpha value is -3.34. The summed E-state index contributed by atoms with van der Waals surface area (Å²) in [6.45, 7) is 1.68. The van der Waals surface area contributed by atoms with E-state index in [-0.39, 0.29) is 0 Å². The van der Waals surface area contributed by atoms with Crippen molar-refractivity contribution in [3.8, 4) is 0 Å². The van der Waals surface area contributed by atoms with E-state index in [4.69, 9.17) is 5.11 Å². The number of anilines is 1. The van der Waals surface area contributed by atoms with E-state index in [1.54, 1.807) is 6.08 Å². The lowest BCUT2D eigenvalue weighted by molar-refractivity contribution is -0.131. The number of aliphatic carboxylic acids is 1. The van der Waals surface area contributed by atoms with E-state index in [9.17, 15) is 4.79 Å². The Kier molecular flexibility index (Phi) is 5.26. The van der Waals surface area contributed by atoms with Crippen molar-refractivity contribution in [3.05, 3.63) is 71.3 Å². The van der Waals surface area contributed by atoms with E-state index in [0.29, 0.717) is 0 Å². The monoisotopic (exact) mass is 333 g/mol. The molecule has 2 aromatic rings. The molecule has 3 rings (SSSR count). The van der Waals surface area contributed by atoms with Gasteiger partial charge in [0.1, 0.15) is 0 Å². The first-order chi connectivity index (χ1) is 12.2. The quantitative estimate of drug-likeness (QED) is 0.580. The van der Waals surface area contributed by atoms with Crippen LogP contribution < -0.4 is 10.6 Å². The van der Waals surface area contributed by atoms with Gasteiger partial charge in [0.15, 0.2) is 5.96 Å². The van der Waals surface area contributed by atoms with Crippen LogP contribution in [0.4, 0.5) is 5.69 Å². The summed E-state index contributed by atoms with van der Waals surface area (Å²) in [6.07, 6.45) is 6.77. The smallest absolute Gasteiger partial charge is 0.328 e. The van der Waals surface area contributed by atoms with Gasteiger partial charge in [-0.3, -0.25) is 4.99 Å². The number of hydrogen-bond acceptors (Lipinski definition) is 4. The average Bonchev–Trinajstić information content (AvgIpc) is 3.12. The number of rotatable bonds is 5. The fraction of sp³-hybridized carbons (Fsp3) is 0.100. The van der Waals surface area contributed by atoms with Gasteiger partial charge in [0.2, 0.25) is 0 Å². The Morgan fingerprint density at radius 2 is 1.76 bits per heavy atom. The van der Waals surface area contributed by atoms with Crippen molar-refractivity contribution in [2.45, 2.75) is 0 Å². The van der Waals surface area contributed by atoms with Gasteiger partial charge in [0, 0.05) is 18.3 Å². The number of aliphatic imine (C=N–C) groups is 1. The number of carboxylic acids is 1. The molecule has 0 saturated heterocycles. The second-order valence-electron chi connectivity index (χ2n) is 5.58. The molecule has 0 saturated carbocycles. The zero-order chi connectivity index (χ0) is 17.5. The molecule has 3 N–H and O–H groups in total. The largest absolute Gasteiger partial charge is 0.478 e. The summed E-state index contributed by atoms with van der Waals surface area (Å²) in [5.41, 5.74) is 3.98. The van der Waals surface area contributed by atoms with Gasteiger partial charge >= 0.3 is 5.97 Å². The Balaban J connectivity index is 1.66. The minimum absolute atomic E-state index is 0.805. The molecule has 25 heavy (non-hydrogen) atoms. The number of nitrogens with one attached hydrogen (secondary N) is 2. The molecular formula is C20H19N3O2. The number of nitrogens with zero attached hydrogens (tertiary/aromatic N) is 1. The van der Waals surface area contributed by atoms with Crippen LogP contribution in [0.15, 0.2) is 59.6 Å². The Morgan fingerprint density at radius 1 is 1.04 bits per heavy atom. The predicted molar refractivity (Wildman–Crippen MR) is 102 cm³/mol. The van der Waals surface area contributed by atoms with Crippen molar-refractivity contribution in [1.29, 1.82) is 0 Å². The van der Waals surface area contributed by atoms with Crippen LogP contribution in [0.1, 0.15) is 16.7 Å². The van der Waals surface area contributed by atoms with Gasteiger partial charge in [-0.2, -0.15) is 0 Å². The van der Waals surface area contributed by atoms with Crippen molar-refractivity contribution in [1.82, 2.24) is 5.32 Å². The molecule has 1 heterocycles. The van der Waals surface area contributed by atoms with Crippen molar-refractivity contribution in [2.75, 3.05) is 18.4 Å². The number of carboxylic acid groups (broad SMARTS) is 1. The van der Waals surface area contributed by atoms with Crippen molar-refractivity contribution >= 4 is 35.8 Å². The maximum absolute atomic E-state index is 10.5. The van der Waals surface area contributed by atoms with Crippen LogP contribution in [0.25, 0.3) is 18.2 Å². The molecule has 0 aromatic heterocycles. The van der Waals surface area contributed by atoms with E-state index in [1.807, 2.05) is 54.6 Å². The third kappa shape index (κ3) is 5.07. The maximum atomic E-state index is 10.5. The number of hydrogen-bond donors (Lipinski definition) is 3. The van der Waals surface area contributed by atoms with Crippen LogP contribution >= 0.6 is 0 Å². The van der Waals surface area contributed by atoms with Crippen molar-refractivity contribution < 1.29 is 9.90 Å².